The van der Waals surface area contributed by atoms with Crippen LogP contribution in [-0.2, 0) is 10.5 Å². The van der Waals surface area contributed by atoms with Gasteiger partial charge in [-0.3, -0.25) is 14.0 Å². The molecular weight excluding hydrogens is 318 g/mol. The molecule has 1 atom stereocenters. The van der Waals surface area contributed by atoms with E-state index < -0.39 is 0 Å². The molecule has 0 bridgehead atoms. The quantitative estimate of drug-likeness (QED) is 0.859. The predicted molar refractivity (Wildman–Crippen MR) is 90.5 cm³/mol. The Morgan fingerprint density at radius 3 is 3.23 bits per heavy atom. The number of carbonyl (C=O) groups is 1. The zero-order chi connectivity index (χ0) is 15.5. The molecule has 0 saturated carbocycles. The lowest BCUT2D eigenvalue weighted by molar-refractivity contribution is -0.130. The van der Waals surface area contributed by atoms with Crippen molar-refractivity contribution in [3.8, 4) is 0 Å². The van der Waals surface area contributed by atoms with Gasteiger partial charge in [-0.05, 0) is 18.8 Å². The predicted octanol–water partition coefficient (Wildman–Crippen LogP) is 2.25. The maximum absolute atomic E-state index is 12.2. The van der Waals surface area contributed by atoms with E-state index in [0.29, 0.717) is 22.4 Å². The van der Waals surface area contributed by atoms with Crippen LogP contribution in [0.2, 0.25) is 0 Å². The maximum atomic E-state index is 12.2. The molecule has 5 nitrogen and oxygen atoms in total. The Hall–Kier alpha value is -1.34. The molecule has 22 heavy (non-hydrogen) atoms. The van der Waals surface area contributed by atoms with Crippen molar-refractivity contribution in [3.63, 3.8) is 0 Å². The topological polar surface area (TPSA) is 54.7 Å². The van der Waals surface area contributed by atoms with Gasteiger partial charge in [0.2, 0.25) is 5.91 Å². The highest BCUT2D eigenvalue weighted by molar-refractivity contribution is 7.99. The van der Waals surface area contributed by atoms with E-state index in [-0.39, 0.29) is 11.5 Å². The summed E-state index contributed by atoms with van der Waals surface area (Å²) in [6, 6.07) is 1.56. The van der Waals surface area contributed by atoms with Gasteiger partial charge in [0, 0.05) is 36.5 Å². The zero-order valence-corrected chi connectivity index (χ0v) is 14.2. The van der Waals surface area contributed by atoms with Crippen LogP contribution in [0.5, 0.6) is 0 Å². The summed E-state index contributed by atoms with van der Waals surface area (Å²) in [5.41, 5.74) is 0.690. The average Bonchev–Trinajstić information content (AvgIpc) is 2.96. The highest BCUT2D eigenvalue weighted by Crippen LogP contribution is 2.18. The Labute approximate surface area is 137 Å². The van der Waals surface area contributed by atoms with Crippen LogP contribution in [0, 0.1) is 5.92 Å². The van der Waals surface area contributed by atoms with Gasteiger partial charge in [0.1, 0.15) is 0 Å². The number of rotatable bonds is 4. The molecule has 2 aromatic rings. The number of carbonyl (C=O) groups excluding carboxylic acids is 1. The average molecular weight is 337 g/mol. The first-order valence-corrected chi connectivity index (χ1v) is 9.48. The van der Waals surface area contributed by atoms with Gasteiger partial charge in [0.15, 0.2) is 4.96 Å². The number of thiazole rings is 1. The summed E-state index contributed by atoms with van der Waals surface area (Å²) in [7, 11) is 0. The van der Waals surface area contributed by atoms with Crippen molar-refractivity contribution in [1.82, 2.24) is 14.3 Å². The number of thioether (sulfide) groups is 1. The fourth-order valence-electron chi connectivity index (χ4n) is 2.71. The van der Waals surface area contributed by atoms with Crippen LogP contribution >= 0.6 is 23.1 Å². The molecule has 0 aliphatic carbocycles. The summed E-state index contributed by atoms with van der Waals surface area (Å²) < 4.78 is 1.54. The normalized spacial score (nSPS) is 18.8. The standard InChI is InChI=1S/C15H19N3O2S2/c1-11-3-2-4-17(8-11)14(20)10-21-9-12-7-13(19)18-5-6-22-15(18)16-12/h5-7,11H,2-4,8-10H2,1H3. The summed E-state index contributed by atoms with van der Waals surface area (Å²) in [6.45, 7) is 3.95. The molecule has 1 fully saturated rings. The van der Waals surface area contributed by atoms with Crippen LogP contribution in [0.1, 0.15) is 25.5 Å². The van der Waals surface area contributed by atoms with Crippen molar-refractivity contribution in [1.29, 1.82) is 0 Å². The fraction of sp³-hybridized carbons (Fsp3) is 0.533. The van der Waals surface area contributed by atoms with E-state index in [2.05, 4.69) is 11.9 Å². The molecule has 0 radical (unpaired) electrons. The first-order chi connectivity index (χ1) is 10.6. The number of likely N-dealkylation sites (tertiary alicyclic amines) is 1. The van der Waals surface area contributed by atoms with E-state index in [0.717, 1.165) is 25.2 Å². The minimum atomic E-state index is -0.0574. The van der Waals surface area contributed by atoms with Gasteiger partial charge in [-0.25, -0.2) is 4.98 Å². The van der Waals surface area contributed by atoms with Crippen LogP contribution in [0.25, 0.3) is 4.96 Å². The molecular formula is C15H19N3O2S2. The molecule has 1 amide bonds. The smallest absolute Gasteiger partial charge is 0.258 e. The molecule has 1 aliphatic heterocycles. The molecule has 2 aromatic heterocycles. The van der Waals surface area contributed by atoms with Crippen LogP contribution in [-0.4, -0.2) is 39.0 Å². The molecule has 118 valence electrons. The molecule has 1 saturated heterocycles. The van der Waals surface area contributed by atoms with Crippen LogP contribution in [0.15, 0.2) is 22.4 Å². The molecule has 3 rings (SSSR count). The van der Waals surface area contributed by atoms with Crippen LogP contribution < -0.4 is 5.56 Å². The van der Waals surface area contributed by atoms with Crippen LogP contribution in [0.3, 0.4) is 0 Å². The zero-order valence-electron chi connectivity index (χ0n) is 12.5. The van der Waals surface area contributed by atoms with Crippen molar-refractivity contribution >= 4 is 34.0 Å². The molecule has 3 heterocycles. The van der Waals surface area contributed by atoms with E-state index in [1.54, 1.807) is 16.7 Å². The molecule has 1 aliphatic rings. The van der Waals surface area contributed by atoms with Gasteiger partial charge >= 0.3 is 0 Å². The third-order valence-corrected chi connectivity index (χ3v) is 5.55. The van der Waals surface area contributed by atoms with Gasteiger partial charge in [-0.15, -0.1) is 23.1 Å². The van der Waals surface area contributed by atoms with Crippen molar-refractivity contribution in [2.75, 3.05) is 18.8 Å². The SMILES string of the molecule is CC1CCCN(C(=O)CSCc2cc(=O)n3ccsc3n2)C1. The Bertz CT molecular complexity index is 725. The number of hydrogen-bond acceptors (Lipinski definition) is 5. The van der Waals surface area contributed by atoms with E-state index in [9.17, 15) is 9.59 Å². The highest BCUT2D eigenvalue weighted by atomic mass is 32.2. The lowest BCUT2D eigenvalue weighted by atomic mass is 10.0. The molecule has 1 unspecified atom stereocenters. The maximum Gasteiger partial charge on any atom is 0.258 e. The number of amides is 1. The second-order valence-electron chi connectivity index (χ2n) is 5.72. The Morgan fingerprint density at radius 1 is 1.55 bits per heavy atom. The Morgan fingerprint density at radius 2 is 2.41 bits per heavy atom. The van der Waals surface area contributed by atoms with Crippen molar-refractivity contribution < 1.29 is 4.79 Å². The van der Waals surface area contributed by atoms with Crippen molar-refractivity contribution in [2.45, 2.75) is 25.5 Å². The number of aromatic nitrogens is 2. The summed E-state index contributed by atoms with van der Waals surface area (Å²) in [4.78, 5) is 31.2. The van der Waals surface area contributed by atoms with E-state index in [4.69, 9.17) is 0 Å². The van der Waals surface area contributed by atoms with Gasteiger partial charge in [0.25, 0.3) is 5.56 Å². The lowest BCUT2D eigenvalue weighted by Gasteiger charge is -2.30. The van der Waals surface area contributed by atoms with Crippen LogP contribution in [0.4, 0.5) is 0 Å². The van der Waals surface area contributed by atoms with E-state index in [1.807, 2.05) is 10.3 Å². The summed E-state index contributed by atoms with van der Waals surface area (Å²) in [5.74, 6) is 1.85. The summed E-state index contributed by atoms with van der Waals surface area (Å²) in [5, 5.41) is 1.85. The Balaban J connectivity index is 1.55. The summed E-state index contributed by atoms with van der Waals surface area (Å²) in [6.07, 6.45) is 4.05. The third-order valence-electron chi connectivity index (χ3n) is 3.84. The number of nitrogens with zero attached hydrogens (tertiary/aromatic N) is 3. The Kier molecular flexibility index (Phi) is 4.83. The summed E-state index contributed by atoms with van der Waals surface area (Å²) >= 11 is 2.98. The molecule has 0 aromatic carbocycles. The largest absolute Gasteiger partial charge is 0.342 e. The molecule has 0 N–H and O–H groups in total. The number of fused-ring (bicyclic) bond motifs is 1. The van der Waals surface area contributed by atoms with Gasteiger partial charge < -0.3 is 4.90 Å². The number of piperidine rings is 1. The molecule has 7 heteroatoms. The third kappa shape index (κ3) is 3.52. The van der Waals surface area contributed by atoms with Crippen molar-refractivity contribution in [2.24, 2.45) is 5.92 Å². The van der Waals surface area contributed by atoms with E-state index in [1.165, 1.54) is 29.5 Å². The second kappa shape index (κ2) is 6.83. The second-order valence-corrected chi connectivity index (χ2v) is 7.58. The van der Waals surface area contributed by atoms with E-state index >= 15 is 0 Å². The highest BCUT2D eigenvalue weighted by Gasteiger charge is 2.20. The monoisotopic (exact) mass is 337 g/mol. The number of hydrogen-bond donors (Lipinski definition) is 0. The minimum Gasteiger partial charge on any atom is -0.342 e. The minimum absolute atomic E-state index is 0.0574. The van der Waals surface area contributed by atoms with Crippen molar-refractivity contribution in [3.05, 3.63) is 33.7 Å². The van der Waals surface area contributed by atoms with Gasteiger partial charge in [-0.2, -0.15) is 0 Å². The van der Waals surface area contributed by atoms with Gasteiger partial charge in [0.05, 0.1) is 11.4 Å². The first kappa shape index (κ1) is 15.6. The fourth-order valence-corrected chi connectivity index (χ4v) is 4.27. The lowest BCUT2D eigenvalue weighted by Crippen LogP contribution is -2.40. The van der Waals surface area contributed by atoms with Gasteiger partial charge in [-0.1, -0.05) is 6.92 Å². The first-order valence-electron chi connectivity index (χ1n) is 7.45. The molecule has 0 spiro atoms.